The van der Waals surface area contributed by atoms with Crippen LogP contribution in [0.5, 0.6) is 0 Å². The standard InChI is InChI=1S/C24H42/c1-3-5-6-7-10-22-17-19-24(20-18-22)12-9-8-11-23-15-13-21(4-2)14-16-23/h4,8,11,21-24H,2-3,5-7,9-10,12-20H2,1H3/b11-8+. The average Bonchev–Trinajstić information content (AvgIpc) is 2.64. The second-order valence-electron chi connectivity index (χ2n) is 8.65. The van der Waals surface area contributed by atoms with Gasteiger partial charge in [-0.05, 0) is 62.2 Å². The van der Waals surface area contributed by atoms with Crippen molar-refractivity contribution < 1.29 is 0 Å². The molecule has 2 fully saturated rings. The molecule has 0 aliphatic heterocycles. The highest BCUT2D eigenvalue weighted by molar-refractivity contribution is 4.94. The Morgan fingerprint density at radius 2 is 1.38 bits per heavy atom. The number of hydrogen-bond donors (Lipinski definition) is 0. The minimum Gasteiger partial charge on any atom is -0.103 e. The molecule has 0 heteroatoms. The third-order valence-electron chi connectivity index (χ3n) is 6.73. The molecule has 0 bridgehead atoms. The lowest BCUT2D eigenvalue weighted by atomic mass is 9.78. The average molecular weight is 331 g/mol. The van der Waals surface area contributed by atoms with Crippen molar-refractivity contribution in [2.45, 2.75) is 103 Å². The van der Waals surface area contributed by atoms with E-state index in [1.807, 2.05) is 0 Å². The van der Waals surface area contributed by atoms with Crippen LogP contribution in [-0.2, 0) is 0 Å². The van der Waals surface area contributed by atoms with Crippen LogP contribution in [0.25, 0.3) is 0 Å². The highest BCUT2D eigenvalue weighted by Gasteiger charge is 2.20. The molecule has 0 N–H and O–H groups in total. The van der Waals surface area contributed by atoms with E-state index in [1.54, 1.807) is 0 Å². The van der Waals surface area contributed by atoms with Gasteiger partial charge in [0, 0.05) is 0 Å². The molecule has 2 saturated carbocycles. The van der Waals surface area contributed by atoms with E-state index in [0.29, 0.717) is 0 Å². The van der Waals surface area contributed by atoms with E-state index in [2.05, 4.69) is 31.7 Å². The van der Waals surface area contributed by atoms with E-state index < -0.39 is 0 Å². The van der Waals surface area contributed by atoms with Gasteiger partial charge in [-0.15, -0.1) is 6.58 Å². The van der Waals surface area contributed by atoms with Crippen molar-refractivity contribution in [1.29, 1.82) is 0 Å². The first kappa shape index (κ1) is 19.8. The van der Waals surface area contributed by atoms with E-state index in [-0.39, 0.29) is 0 Å². The van der Waals surface area contributed by atoms with E-state index in [0.717, 1.165) is 23.7 Å². The largest absolute Gasteiger partial charge is 0.103 e. The lowest BCUT2D eigenvalue weighted by molar-refractivity contribution is 0.249. The van der Waals surface area contributed by atoms with Crippen LogP contribution in [-0.4, -0.2) is 0 Å². The van der Waals surface area contributed by atoms with Crippen molar-refractivity contribution in [3.8, 4) is 0 Å². The summed E-state index contributed by atoms with van der Waals surface area (Å²) in [5, 5.41) is 0. The molecule has 138 valence electrons. The predicted octanol–water partition coefficient (Wildman–Crippen LogP) is 8.09. The Morgan fingerprint density at radius 1 is 0.750 bits per heavy atom. The SMILES string of the molecule is C=CC1CCC(/C=C/CCC2CCC(CCCCCC)CC2)CC1. The summed E-state index contributed by atoms with van der Waals surface area (Å²) >= 11 is 0. The second kappa shape index (κ2) is 11.9. The van der Waals surface area contributed by atoms with Crippen LogP contribution in [0.3, 0.4) is 0 Å². The van der Waals surface area contributed by atoms with Crippen LogP contribution < -0.4 is 0 Å². The maximum atomic E-state index is 3.95. The predicted molar refractivity (Wildman–Crippen MR) is 108 cm³/mol. The fourth-order valence-electron chi connectivity index (χ4n) is 4.86. The number of rotatable bonds is 10. The Labute approximate surface area is 152 Å². The monoisotopic (exact) mass is 330 g/mol. The van der Waals surface area contributed by atoms with Gasteiger partial charge in [0.1, 0.15) is 0 Å². The first-order chi connectivity index (χ1) is 11.8. The second-order valence-corrected chi connectivity index (χ2v) is 8.65. The summed E-state index contributed by atoms with van der Waals surface area (Å²) < 4.78 is 0. The highest BCUT2D eigenvalue weighted by atomic mass is 14.3. The fraction of sp³-hybridized carbons (Fsp3) is 0.833. The van der Waals surface area contributed by atoms with E-state index >= 15 is 0 Å². The van der Waals surface area contributed by atoms with Crippen LogP contribution >= 0.6 is 0 Å². The summed E-state index contributed by atoms with van der Waals surface area (Å²) in [6, 6.07) is 0. The van der Waals surface area contributed by atoms with Crippen LogP contribution in [0.4, 0.5) is 0 Å². The van der Waals surface area contributed by atoms with Crippen molar-refractivity contribution in [3.63, 3.8) is 0 Å². The molecule has 0 unspecified atom stereocenters. The Kier molecular flexibility index (Phi) is 9.85. The quantitative estimate of drug-likeness (QED) is 0.280. The minimum atomic E-state index is 0.798. The van der Waals surface area contributed by atoms with Gasteiger partial charge in [-0.1, -0.05) is 82.9 Å². The molecule has 0 heterocycles. The Morgan fingerprint density at radius 3 is 2.00 bits per heavy atom. The van der Waals surface area contributed by atoms with Crippen LogP contribution in [0, 0.1) is 23.7 Å². The molecule has 0 aromatic rings. The number of unbranched alkanes of at least 4 members (excludes halogenated alkanes) is 3. The maximum Gasteiger partial charge on any atom is -0.0233 e. The molecule has 0 amide bonds. The molecule has 24 heavy (non-hydrogen) atoms. The highest BCUT2D eigenvalue weighted by Crippen LogP contribution is 2.35. The zero-order chi connectivity index (χ0) is 17.0. The molecule has 0 saturated heterocycles. The summed E-state index contributed by atoms with van der Waals surface area (Å²) in [4.78, 5) is 0. The molecule has 2 aliphatic rings. The first-order valence-electron chi connectivity index (χ1n) is 11.1. The van der Waals surface area contributed by atoms with Gasteiger partial charge in [0.25, 0.3) is 0 Å². The lowest BCUT2D eigenvalue weighted by Gasteiger charge is -2.28. The molecule has 2 aliphatic carbocycles. The number of allylic oxidation sites excluding steroid dienone is 3. The number of hydrogen-bond acceptors (Lipinski definition) is 0. The maximum absolute atomic E-state index is 3.95. The third kappa shape index (κ3) is 7.58. The van der Waals surface area contributed by atoms with Crippen LogP contribution in [0.1, 0.15) is 103 Å². The molecular formula is C24H42. The van der Waals surface area contributed by atoms with Gasteiger partial charge in [0.15, 0.2) is 0 Å². The van der Waals surface area contributed by atoms with Crippen molar-refractivity contribution in [3.05, 3.63) is 24.8 Å². The normalized spacial score (nSPS) is 31.4. The summed E-state index contributed by atoms with van der Waals surface area (Å²) in [5.74, 6) is 3.75. The Bertz CT molecular complexity index is 337. The smallest absolute Gasteiger partial charge is 0.0233 e. The molecular weight excluding hydrogens is 288 g/mol. The molecule has 0 spiro atoms. The topological polar surface area (TPSA) is 0 Å². The lowest BCUT2D eigenvalue weighted by Crippen LogP contribution is -2.14. The summed E-state index contributed by atoms with van der Waals surface area (Å²) in [7, 11) is 0. The van der Waals surface area contributed by atoms with Gasteiger partial charge < -0.3 is 0 Å². The van der Waals surface area contributed by atoms with Crippen molar-refractivity contribution in [2.24, 2.45) is 23.7 Å². The van der Waals surface area contributed by atoms with E-state index in [1.165, 1.54) is 96.3 Å². The van der Waals surface area contributed by atoms with E-state index in [9.17, 15) is 0 Å². The van der Waals surface area contributed by atoms with Crippen LogP contribution in [0.15, 0.2) is 24.8 Å². The van der Waals surface area contributed by atoms with Crippen molar-refractivity contribution in [2.75, 3.05) is 0 Å². The fourth-order valence-corrected chi connectivity index (χ4v) is 4.86. The van der Waals surface area contributed by atoms with Gasteiger partial charge >= 0.3 is 0 Å². The third-order valence-corrected chi connectivity index (χ3v) is 6.73. The van der Waals surface area contributed by atoms with Gasteiger partial charge in [-0.3, -0.25) is 0 Å². The molecule has 0 nitrogen and oxygen atoms in total. The summed E-state index contributed by atoms with van der Waals surface area (Å²) in [6.45, 7) is 6.26. The van der Waals surface area contributed by atoms with Crippen LogP contribution in [0.2, 0.25) is 0 Å². The van der Waals surface area contributed by atoms with Gasteiger partial charge in [0.2, 0.25) is 0 Å². The zero-order valence-corrected chi connectivity index (χ0v) is 16.4. The molecule has 0 radical (unpaired) electrons. The Balaban J connectivity index is 1.50. The summed E-state index contributed by atoms with van der Waals surface area (Å²) in [5.41, 5.74) is 0. The van der Waals surface area contributed by atoms with Gasteiger partial charge in [0.05, 0.1) is 0 Å². The molecule has 2 rings (SSSR count). The first-order valence-corrected chi connectivity index (χ1v) is 11.1. The molecule has 0 aromatic heterocycles. The van der Waals surface area contributed by atoms with Gasteiger partial charge in [-0.25, -0.2) is 0 Å². The molecule has 0 aromatic carbocycles. The Hall–Kier alpha value is -0.520. The minimum absolute atomic E-state index is 0.798. The van der Waals surface area contributed by atoms with Crippen molar-refractivity contribution >= 4 is 0 Å². The van der Waals surface area contributed by atoms with Gasteiger partial charge in [-0.2, -0.15) is 0 Å². The molecule has 0 atom stereocenters. The van der Waals surface area contributed by atoms with E-state index in [4.69, 9.17) is 0 Å². The summed E-state index contributed by atoms with van der Waals surface area (Å²) in [6.07, 6.45) is 28.8. The zero-order valence-electron chi connectivity index (χ0n) is 16.4. The van der Waals surface area contributed by atoms with Crippen molar-refractivity contribution in [1.82, 2.24) is 0 Å².